The fourth-order valence-corrected chi connectivity index (χ4v) is 3.98. The van der Waals surface area contributed by atoms with E-state index in [1.165, 1.54) is 37.7 Å². The van der Waals surface area contributed by atoms with E-state index in [9.17, 15) is 5.11 Å². The fraction of sp³-hybridized carbons (Fsp3) is 0.560. The molecule has 0 spiro atoms. The molecule has 170 valence electrons. The van der Waals surface area contributed by atoms with Crippen molar-refractivity contribution in [1.29, 1.82) is 0 Å². The second-order valence-corrected chi connectivity index (χ2v) is 8.31. The van der Waals surface area contributed by atoms with Gasteiger partial charge in [0.05, 0.1) is 7.11 Å². The molecular formula is C25H37N3O3. The Morgan fingerprint density at radius 2 is 1.87 bits per heavy atom. The van der Waals surface area contributed by atoms with E-state index in [2.05, 4.69) is 21.3 Å². The van der Waals surface area contributed by atoms with Gasteiger partial charge in [-0.2, -0.15) is 0 Å². The molecule has 0 unspecified atom stereocenters. The van der Waals surface area contributed by atoms with Gasteiger partial charge < -0.3 is 24.8 Å². The van der Waals surface area contributed by atoms with Crippen LogP contribution in [0.2, 0.25) is 0 Å². The van der Waals surface area contributed by atoms with E-state index >= 15 is 0 Å². The van der Waals surface area contributed by atoms with Gasteiger partial charge in [-0.05, 0) is 68.2 Å². The molecule has 0 aliphatic carbocycles. The van der Waals surface area contributed by atoms with Gasteiger partial charge in [0.1, 0.15) is 12.7 Å². The van der Waals surface area contributed by atoms with E-state index < -0.39 is 6.10 Å². The summed E-state index contributed by atoms with van der Waals surface area (Å²) in [6.45, 7) is 4.73. The molecule has 1 aliphatic heterocycles. The molecule has 2 aromatic rings. The summed E-state index contributed by atoms with van der Waals surface area (Å²) >= 11 is 0. The van der Waals surface area contributed by atoms with Crippen molar-refractivity contribution in [2.75, 3.05) is 39.9 Å². The number of ether oxygens (including phenoxy) is 2. The van der Waals surface area contributed by atoms with Crippen molar-refractivity contribution in [3.8, 4) is 11.5 Å². The van der Waals surface area contributed by atoms with E-state index in [0.29, 0.717) is 18.0 Å². The van der Waals surface area contributed by atoms with E-state index in [-0.39, 0.29) is 6.61 Å². The number of rotatable bonds is 11. The van der Waals surface area contributed by atoms with Crippen molar-refractivity contribution < 1.29 is 14.6 Å². The van der Waals surface area contributed by atoms with Crippen LogP contribution in [0, 0.1) is 0 Å². The minimum Gasteiger partial charge on any atom is -0.493 e. The minimum absolute atomic E-state index is 0.273. The summed E-state index contributed by atoms with van der Waals surface area (Å²) in [6.07, 6.45) is 10.5. The number of aliphatic hydroxyl groups is 1. The molecule has 1 atom stereocenters. The molecule has 6 heteroatoms. The fourth-order valence-electron chi connectivity index (χ4n) is 3.98. The van der Waals surface area contributed by atoms with Gasteiger partial charge in [-0.3, -0.25) is 4.98 Å². The highest BCUT2D eigenvalue weighted by Crippen LogP contribution is 2.28. The average Bonchev–Trinajstić information content (AvgIpc) is 2.78. The van der Waals surface area contributed by atoms with Crippen LogP contribution in [0.4, 0.5) is 0 Å². The Kier molecular flexibility index (Phi) is 10.1. The van der Waals surface area contributed by atoms with Crippen molar-refractivity contribution in [1.82, 2.24) is 15.2 Å². The summed E-state index contributed by atoms with van der Waals surface area (Å²) in [7, 11) is 1.65. The predicted molar refractivity (Wildman–Crippen MR) is 124 cm³/mol. The molecule has 2 heterocycles. The van der Waals surface area contributed by atoms with Gasteiger partial charge in [0.15, 0.2) is 11.5 Å². The molecule has 3 rings (SSSR count). The summed E-state index contributed by atoms with van der Waals surface area (Å²) in [6, 6.07) is 10.0. The first-order valence-corrected chi connectivity index (χ1v) is 11.5. The topological polar surface area (TPSA) is 66.8 Å². The number of nitrogens with zero attached hydrogens (tertiary/aromatic N) is 2. The Balaban J connectivity index is 1.42. The predicted octanol–water partition coefficient (Wildman–Crippen LogP) is 3.43. The zero-order valence-electron chi connectivity index (χ0n) is 18.8. The number of hydrogen-bond donors (Lipinski definition) is 2. The molecule has 0 bridgehead atoms. The second-order valence-electron chi connectivity index (χ2n) is 8.31. The molecule has 1 aliphatic rings. The van der Waals surface area contributed by atoms with Crippen LogP contribution in [0.25, 0.3) is 0 Å². The van der Waals surface area contributed by atoms with Crippen LogP contribution in [-0.4, -0.2) is 61.0 Å². The third kappa shape index (κ3) is 8.48. The standard InChI is InChI=1S/C25H37N3O3/c1-30-25-16-22(18-27-13-11-21-8-7-12-26-17-21)9-10-24(25)31-20-23(29)19-28-14-5-3-2-4-6-15-28/h7-10,12,16-17,23,27,29H,2-6,11,13-15,18-20H2,1H3/t23-/m1/s1. The first-order valence-electron chi connectivity index (χ1n) is 11.5. The molecule has 0 radical (unpaired) electrons. The highest BCUT2D eigenvalue weighted by atomic mass is 16.5. The van der Waals surface area contributed by atoms with Gasteiger partial charge in [-0.1, -0.05) is 31.4 Å². The van der Waals surface area contributed by atoms with Crippen molar-refractivity contribution in [2.24, 2.45) is 0 Å². The first kappa shape index (κ1) is 23.5. The Hall–Kier alpha value is -2.15. The zero-order valence-corrected chi connectivity index (χ0v) is 18.8. The third-order valence-corrected chi connectivity index (χ3v) is 5.72. The summed E-state index contributed by atoms with van der Waals surface area (Å²) < 4.78 is 11.4. The Morgan fingerprint density at radius 3 is 2.61 bits per heavy atom. The van der Waals surface area contributed by atoms with Gasteiger partial charge in [0.2, 0.25) is 0 Å². The van der Waals surface area contributed by atoms with Gasteiger partial charge in [-0.25, -0.2) is 0 Å². The van der Waals surface area contributed by atoms with Crippen LogP contribution >= 0.6 is 0 Å². The summed E-state index contributed by atoms with van der Waals surface area (Å²) in [5.41, 5.74) is 2.36. The van der Waals surface area contributed by atoms with E-state index in [1.807, 2.05) is 30.5 Å². The van der Waals surface area contributed by atoms with Gasteiger partial charge in [0, 0.05) is 25.5 Å². The monoisotopic (exact) mass is 427 g/mol. The van der Waals surface area contributed by atoms with Gasteiger partial charge in [0.25, 0.3) is 0 Å². The van der Waals surface area contributed by atoms with Crippen LogP contribution in [0.5, 0.6) is 11.5 Å². The summed E-state index contributed by atoms with van der Waals surface area (Å²) in [5.74, 6) is 1.37. The van der Waals surface area contributed by atoms with Crippen molar-refractivity contribution in [3.05, 3.63) is 53.9 Å². The van der Waals surface area contributed by atoms with E-state index in [4.69, 9.17) is 9.47 Å². The molecule has 1 fully saturated rings. The largest absolute Gasteiger partial charge is 0.493 e. The number of aromatic nitrogens is 1. The maximum Gasteiger partial charge on any atom is 0.161 e. The van der Waals surface area contributed by atoms with Crippen LogP contribution in [-0.2, 0) is 13.0 Å². The molecule has 6 nitrogen and oxygen atoms in total. The quantitative estimate of drug-likeness (QED) is 0.536. The number of nitrogens with one attached hydrogen (secondary N) is 1. The highest BCUT2D eigenvalue weighted by molar-refractivity contribution is 5.43. The number of β-amino-alcohol motifs (C(OH)–C–C–N with tert-alkyl or cyclic N) is 1. The van der Waals surface area contributed by atoms with Gasteiger partial charge in [-0.15, -0.1) is 0 Å². The maximum absolute atomic E-state index is 10.5. The Morgan fingerprint density at radius 1 is 1.06 bits per heavy atom. The number of aliphatic hydroxyl groups excluding tert-OH is 1. The number of methoxy groups -OCH3 is 1. The van der Waals surface area contributed by atoms with Crippen molar-refractivity contribution >= 4 is 0 Å². The van der Waals surface area contributed by atoms with Crippen molar-refractivity contribution in [2.45, 2.75) is 51.2 Å². The zero-order chi connectivity index (χ0) is 21.7. The average molecular weight is 428 g/mol. The first-order chi connectivity index (χ1) is 15.2. The SMILES string of the molecule is COc1cc(CNCCc2cccnc2)ccc1OC[C@H](O)CN1CCCCCCC1. The normalized spacial score (nSPS) is 16.3. The number of benzene rings is 1. The van der Waals surface area contributed by atoms with Crippen LogP contribution in [0.3, 0.4) is 0 Å². The molecule has 1 saturated heterocycles. The number of pyridine rings is 1. The molecule has 1 aromatic heterocycles. The van der Waals surface area contributed by atoms with E-state index in [1.54, 1.807) is 13.3 Å². The number of likely N-dealkylation sites (tertiary alicyclic amines) is 1. The van der Waals surface area contributed by atoms with E-state index in [0.717, 1.165) is 38.2 Å². The Bertz CT molecular complexity index is 749. The minimum atomic E-state index is -0.502. The lowest BCUT2D eigenvalue weighted by atomic mass is 10.1. The lowest BCUT2D eigenvalue weighted by molar-refractivity contribution is 0.0645. The summed E-state index contributed by atoms with van der Waals surface area (Å²) in [4.78, 5) is 6.51. The van der Waals surface area contributed by atoms with Crippen LogP contribution in [0.1, 0.15) is 43.2 Å². The Labute approximate surface area is 186 Å². The molecule has 0 amide bonds. The third-order valence-electron chi connectivity index (χ3n) is 5.72. The molecular weight excluding hydrogens is 390 g/mol. The van der Waals surface area contributed by atoms with Gasteiger partial charge >= 0.3 is 0 Å². The van der Waals surface area contributed by atoms with Crippen LogP contribution < -0.4 is 14.8 Å². The lowest BCUT2D eigenvalue weighted by Crippen LogP contribution is -2.37. The lowest BCUT2D eigenvalue weighted by Gasteiger charge is -2.26. The van der Waals surface area contributed by atoms with Crippen LogP contribution in [0.15, 0.2) is 42.7 Å². The molecule has 2 N–H and O–H groups in total. The number of hydrogen-bond acceptors (Lipinski definition) is 6. The molecule has 1 aromatic carbocycles. The highest BCUT2D eigenvalue weighted by Gasteiger charge is 2.15. The smallest absolute Gasteiger partial charge is 0.161 e. The molecule has 31 heavy (non-hydrogen) atoms. The summed E-state index contributed by atoms with van der Waals surface area (Å²) in [5, 5.41) is 13.9. The second kappa shape index (κ2) is 13.3. The van der Waals surface area contributed by atoms with Crippen molar-refractivity contribution in [3.63, 3.8) is 0 Å². The maximum atomic E-state index is 10.5. The molecule has 0 saturated carbocycles.